The van der Waals surface area contributed by atoms with Gasteiger partial charge >= 0.3 is 6.03 Å². The molecule has 0 atom stereocenters. The van der Waals surface area contributed by atoms with E-state index in [0.717, 1.165) is 24.2 Å². The second-order valence-corrected chi connectivity index (χ2v) is 6.95. The lowest BCUT2D eigenvalue weighted by atomic mass is 10.2. The van der Waals surface area contributed by atoms with Crippen LogP contribution in [0.3, 0.4) is 0 Å². The van der Waals surface area contributed by atoms with Crippen molar-refractivity contribution in [1.82, 2.24) is 25.1 Å². The third-order valence-corrected chi connectivity index (χ3v) is 4.74. The quantitative estimate of drug-likeness (QED) is 0.616. The number of carbonyl (C=O) groups excluding carboxylic acids is 1. The number of hydrogen-bond acceptors (Lipinski definition) is 4. The maximum Gasteiger partial charge on any atom is 0.322 e. The Morgan fingerprint density at radius 3 is 2.69 bits per heavy atom. The largest absolute Gasteiger partial charge is 0.322 e. The highest BCUT2D eigenvalue weighted by Crippen LogP contribution is 2.36. The molecule has 2 amide bonds. The van der Waals surface area contributed by atoms with E-state index in [1.165, 1.54) is 11.0 Å². The van der Waals surface area contributed by atoms with Gasteiger partial charge in [0.05, 0.1) is 12.6 Å². The molecule has 0 spiro atoms. The van der Waals surface area contributed by atoms with Crippen LogP contribution < -0.4 is 5.32 Å². The first-order valence-corrected chi connectivity index (χ1v) is 9.44. The van der Waals surface area contributed by atoms with Gasteiger partial charge in [-0.1, -0.05) is 24.3 Å². The van der Waals surface area contributed by atoms with Crippen LogP contribution in [0, 0.1) is 5.82 Å². The Hall–Kier alpha value is -3.55. The van der Waals surface area contributed by atoms with Crippen LogP contribution in [0.4, 0.5) is 14.9 Å². The van der Waals surface area contributed by atoms with Crippen LogP contribution in [0.5, 0.6) is 0 Å². The Morgan fingerprint density at radius 1 is 1.24 bits per heavy atom. The highest BCUT2D eigenvalue weighted by molar-refractivity contribution is 5.89. The SMILES string of the molecule is C=CCN(Cc1ccccc1F)C(=O)Nc1ccc(-c2nnnn2C2CC2)cc1. The summed E-state index contributed by atoms with van der Waals surface area (Å²) in [6.07, 6.45) is 3.79. The van der Waals surface area contributed by atoms with Crippen LogP contribution in [-0.2, 0) is 6.54 Å². The fourth-order valence-corrected chi connectivity index (χ4v) is 3.06. The average Bonchev–Trinajstić information content (AvgIpc) is 3.46. The number of tetrazole rings is 1. The van der Waals surface area contributed by atoms with Crippen LogP contribution in [-0.4, -0.2) is 37.7 Å². The fourth-order valence-electron chi connectivity index (χ4n) is 3.06. The van der Waals surface area contributed by atoms with E-state index in [2.05, 4.69) is 27.4 Å². The maximum atomic E-state index is 14.0. The number of benzene rings is 2. The second-order valence-electron chi connectivity index (χ2n) is 6.95. The molecule has 0 bridgehead atoms. The van der Waals surface area contributed by atoms with Crippen molar-refractivity contribution in [3.8, 4) is 11.4 Å². The number of halogens is 1. The van der Waals surface area contributed by atoms with Gasteiger partial charge in [0.15, 0.2) is 5.82 Å². The monoisotopic (exact) mass is 392 g/mol. The number of nitrogens with zero attached hydrogens (tertiary/aromatic N) is 5. The average molecular weight is 392 g/mol. The number of urea groups is 1. The smallest absolute Gasteiger partial charge is 0.316 e. The van der Waals surface area contributed by atoms with E-state index in [0.29, 0.717) is 23.8 Å². The molecule has 0 unspecified atom stereocenters. The molecule has 0 saturated heterocycles. The number of rotatable bonds is 7. The number of anilines is 1. The van der Waals surface area contributed by atoms with Crippen molar-refractivity contribution >= 4 is 11.7 Å². The third-order valence-electron chi connectivity index (χ3n) is 4.74. The molecule has 1 fully saturated rings. The van der Waals surface area contributed by atoms with Crippen LogP contribution in [0.2, 0.25) is 0 Å². The molecule has 1 N–H and O–H groups in total. The zero-order valence-electron chi connectivity index (χ0n) is 15.8. The molecule has 1 heterocycles. The number of amides is 2. The van der Waals surface area contributed by atoms with E-state index >= 15 is 0 Å². The highest BCUT2D eigenvalue weighted by atomic mass is 19.1. The van der Waals surface area contributed by atoms with Gasteiger partial charge < -0.3 is 10.2 Å². The lowest BCUT2D eigenvalue weighted by Crippen LogP contribution is -2.34. The second kappa shape index (κ2) is 8.22. The van der Waals surface area contributed by atoms with Gasteiger partial charge in [0, 0.05) is 23.4 Å². The summed E-state index contributed by atoms with van der Waals surface area (Å²) in [5.41, 5.74) is 1.97. The van der Waals surface area contributed by atoms with Crippen LogP contribution in [0.1, 0.15) is 24.4 Å². The van der Waals surface area contributed by atoms with E-state index < -0.39 is 0 Å². The van der Waals surface area contributed by atoms with Crippen molar-refractivity contribution in [1.29, 1.82) is 0 Å². The first-order chi connectivity index (χ1) is 14.2. The van der Waals surface area contributed by atoms with Crippen molar-refractivity contribution in [3.63, 3.8) is 0 Å². The van der Waals surface area contributed by atoms with Gasteiger partial charge in [-0.15, -0.1) is 11.7 Å². The number of hydrogen-bond donors (Lipinski definition) is 1. The summed E-state index contributed by atoms with van der Waals surface area (Å²) in [5.74, 6) is 0.380. The summed E-state index contributed by atoms with van der Waals surface area (Å²) in [7, 11) is 0. The molecule has 1 aromatic heterocycles. The first-order valence-electron chi connectivity index (χ1n) is 9.44. The summed E-state index contributed by atoms with van der Waals surface area (Å²) >= 11 is 0. The standard InChI is InChI=1S/C21H21FN6O/c1-2-13-27(14-16-5-3-4-6-19(16)22)21(29)23-17-9-7-15(8-10-17)20-24-25-26-28(20)18-11-12-18/h2-10,18H,1,11-14H2,(H,23,29). The van der Waals surface area contributed by atoms with Crippen LogP contribution in [0.15, 0.2) is 61.2 Å². The van der Waals surface area contributed by atoms with Gasteiger partial charge in [0.25, 0.3) is 0 Å². The van der Waals surface area contributed by atoms with E-state index in [4.69, 9.17) is 0 Å². The summed E-state index contributed by atoms with van der Waals surface area (Å²) in [6, 6.07) is 13.8. The Kier molecular flexibility index (Phi) is 5.33. The molecule has 7 nitrogen and oxygen atoms in total. The molecule has 0 aliphatic heterocycles. The van der Waals surface area contributed by atoms with E-state index in [9.17, 15) is 9.18 Å². The Morgan fingerprint density at radius 2 is 2.00 bits per heavy atom. The first kappa shape index (κ1) is 18.8. The normalized spacial score (nSPS) is 13.1. The highest BCUT2D eigenvalue weighted by Gasteiger charge is 2.28. The zero-order chi connectivity index (χ0) is 20.2. The summed E-state index contributed by atoms with van der Waals surface area (Å²) in [6.45, 7) is 4.14. The molecule has 8 heteroatoms. The fraction of sp³-hybridized carbons (Fsp3) is 0.238. The molecule has 148 valence electrons. The molecular formula is C21H21FN6O. The maximum absolute atomic E-state index is 14.0. The van der Waals surface area contributed by atoms with Crippen LogP contribution in [0.25, 0.3) is 11.4 Å². The topological polar surface area (TPSA) is 75.9 Å². The summed E-state index contributed by atoms with van der Waals surface area (Å²) in [4.78, 5) is 14.2. The number of nitrogens with one attached hydrogen (secondary N) is 1. The van der Waals surface area contributed by atoms with E-state index in [1.54, 1.807) is 36.4 Å². The van der Waals surface area contributed by atoms with Gasteiger partial charge in [-0.2, -0.15) is 0 Å². The van der Waals surface area contributed by atoms with Crippen molar-refractivity contribution in [2.24, 2.45) is 0 Å². The summed E-state index contributed by atoms with van der Waals surface area (Å²) in [5, 5.41) is 14.8. The van der Waals surface area contributed by atoms with E-state index in [-0.39, 0.29) is 18.4 Å². The Labute approximate surface area is 167 Å². The lowest BCUT2D eigenvalue weighted by Gasteiger charge is -2.22. The molecule has 4 rings (SSSR count). The van der Waals surface area contributed by atoms with Gasteiger partial charge in [0.2, 0.25) is 0 Å². The van der Waals surface area contributed by atoms with Crippen molar-refractivity contribution in [2.75, 3.05) is 11.9 Å². The minimum absolute atomic E-state index is 0.152. The van der Waals surface area contributed by atoms with Crippen molar-refractivity contribution in [3.05, 3.63) is 72.6 Å². The lowest BCUT2D eigenvalue weighted by molar-refractivity contribution is 0.214. The van der Waals surface area contributed by atoms with Gasteiger partial charge in [-0.25, -0.2) is 13.9 Å². The zero-order valence-corrected chi connectivity index (χ0v) is 15.8. The Bertz CT molecular complexity index is 1010. The predicted octanol–water partition coefficient (Wildman–Crippen LogP) is 4.03. The van der Waals surface area contributed by atoms with Gasteiger partial charge in [-0.3, -0.25) is 0 Å². The third kappa shape index (κ3) is 4.31. The molecule has 1 aliphatic carbocycles. The molecule has 0 radical (unpaired) electrons. The Balaban J connectivity index is 1.45. The van der Waals surface area contributed by atoms with Crippen LogP contribution >= 0.6 is 0 Å². The molecular weight excluding hydrogens is 371 g/mol. The van der Waals surface area contributed by atoms with Gasteiger partial charge in [0.1, 0.15) is 5.82 Å². The molecule has 3 aromatic rings. The molecule has 1 aliphatic rings. The number of aromatic nitrogens is 4. The number of carbonyl (C=O) groups is 1. The van der Waals surface area contributed by atoms with Crippen molar-refractivity contribution in [2.45, 2.75) is 25.4 Å². The minimum Gasteiger partial charge on any atom is -0.316 e. The van der Waals surface area contributed by atoms with Gasteiger partial charge in [-0.05, 0) is 53.6 Å². The molecule has 2 aromatic carbocycles. The predicted molar refractivity (Wildman–Crippen MR) is 108 cm³/mol. The van der Waals surface area contributed by atoms with Crippen molar-refractivity contribution < 1.29 is 9.18 Å². The van der Waals surface area contributed by atoms with E-state index in [1.807, 2.05) is 16.8 Å². The molecule has 29 heavy (non-hydrogen) atoms. The molecule has 1 saturated carbocycles. The minimum atomic E-state index is -0.341. The summed E-state index contributed by atoms with van der Waals surface area (Å²) < 4.78 is 15.8.